The van der Waals surface area contributed by atoms with Crippen LogP contribution in [0.2, 0.25) is 0 Å². The maximum Gasteiger partial charge on any atom is 0.312 e. The molecule has 4 rings (SSSR count). The normalized spacial score (nSPS) is 30.0. The third-order valence-corrected chi connectivity index (χ3v) is 5.09. The molecule has 1 N–H and O–H groups in total. The molecule has 2 aromatic carbocycles. The molecule has 2 aliphatic rings. The van der Waals surface area contributed by atoms with E-state index in [0.29, 0.717) is 25.9 Å². The van der Waals surface area contributed by atoms with Crippen LogP contribution in [0.25, 0.3) is 10.8 Å². The van der Waals surface area contributed by atoms with Gasteiger partial charge in [0.2, 0.25) is 0 Å². The summed E-state index contributed by atoms with van der Waals surface area (Å²) >= 11 is 0. The number of ether oxygens (including phenoxy) is 1. The van der Waals surface area contributed by atoms with E-state index < -0.39 is 5.41 Å². The number of carbonyl (C=O) groups is 1. The number of hydrogen-bond acceptors (Lipinski definition) is 3. The van der Waals surface area contributed by atoms with Crippen LogP contribution in [-0.2, 0) is 48.7 Å². The Bertz CT molecular complexity index is 714. The van der Waals surface area contributed by atoms with Gasteiger partial charge in [0.15, 0.2) is 0 Å². The predicted octanol–water partition coefficient (Wildman–Crippen LogP) is 2.69. The Morgan fingerprint density at radius 2 is 1.95 bits per heavy atom. The fourth-order valence-electron chi connectivity index (χ4n) is 4.02. The van der Waals surface area contributed by atoms with Crippen LogP contribution in [0.15, 0.2) is 42.5 Å². The number of carbonyl (C=O) groups excluding carboxylic acids is 1. The smallest absolute Gasteiger partial charge is 0.312 e. The van der Waals surface area contributed by atoms with Gasteiger partial charge in [-0.2, -0.15) is 0 Å². The second kappa shape index (κ2) is 6.03. The van der Waals surface area contributed by atoms with Crippen LogP contribution in [0.1, 0.15) is 18.4 Å². The summed E-state index contributed by atoms with van der Waals surface area (Å²) in [5.41, 5.74) is 0.633. The van der Waals surface area contributed by atoms with E-state index in [1.54, 1.807) is 0 Å². The number of benzene rings is 2. The molecule has 0 bridgehead atoms. The first kappa shape index (κ1) is 16.1. The van der Waals surface area contributed by atoms with Crippen molar-refractivity contribution >= 4 is 16.7 Å². The first-order valence-corrected chi connectivity index (χ1v) is 7.50. The Morgan fingerprint density at radius 3 is 2.77 bits per heavy atom. The molecule has 3 atom stereocenters. The van der Waals surface area contributed by atoms with Gasteiger partial charge in [-0.3, -0.25) is 4.79 Å². The first-order valence-electron chi connectivity index (χ1n) is 7.50. The van der Waals surface area contributed by atoms with E-state index in [4.69, 9.17) is 4.74 Å². The fourth-order valence-corrected chi connectivity index (χ4v) is 4.02. The monoisotopic (exact) mass is 371 g/mol. The average molecular weight is 371 g/mol. The number of fused-ring (bicyclic) bond motifs is 2. The summed E-state index contributed by atoms with van der Waals surface area (Å²) in [5, 5.41) is 12.4. The maximum absolute atomic E-state index is 12.3. The molecule has 3 nitrogen and oxygen atoms in total. The van der Waals surface area contributed by atoms with Gasteiger partial charge < -0.3 is 9.84 Å². The predicted molar refractivity (Wildman–Crippen MR) is 79.8 cm³/mol. The molecule has 4 heteroatoms. The van der Waals surface area contributed by atoms with Crippen molar-refractivity contribution in [3.63, 3.8) is 0 Å². The minimum atomic E-state index is -0.512. The third-order valence-electron chi connectivity index (χ3n) is 5.09. The van der Waals surface area contributed by atoms with Crippen LogP contribution in [0.3, 0.4) is 0 Å². The Balaban J connectivity index is 0.00000144. The molecule has 0 aromatic heterocycles. The van der Waals surface area contributed by atoms with Gasteiger partial charge in [-0.25, -0.2) is 0 Å². The topological polar surface area (TPSA) is 46.5 Å². The summed E-state index contributed by atoms with van der Waals surface area (Å²) in [5.74, 6) is 0.0312. The van der Waals surface area contributed by atoms with Crippen molar-refractivity contribution in [2.45, 2.75) is 25.4 Å². The van der Waals surface area contributed by atoms with Gasteiger partial charge in [0.25, 0.3) is 0 Å². The summed E-state index contributed by atoms with van der Waals surface area (Å²) in [6, 6.07) is 14.6. The van der Waals surface area contributed by atoms with Gasteiger partial charge in [0.05, 0.1) is 18.1 Å². The van der Waals surface area contributed by atoms with Gasteiger partial charge >= 0.3 is 5.97 Å². The van der Waals surface area contributed by atoms with Crippen molar-refractivity contribution < 1.29 is 47.3 Å². The second-order valence-electron chi connectivity index (χ2n) is 6.40. The largest absolute Gasteiger partial charge is 0.465 e. The van der Waals surface area contributed by atoms with Crippen molar-refractivity contribution in [3.8, 4) is 0 Å². The maximum atomic E-state index is 12.3. The van der Waals surface area contributed by atoms with Gasteiger partial charge in [-0.05, 0) is 35.6 Å². The molecule has 0 amide bonds. The molecule has 111 valence electrons. The number of rotatable bonds is 2. The second-order valence-corrected chi connectivity index (χ2v) is 6.40. The van der Waals surface area contributed by atoms with E-state index in [-0.39, 0.29) is 50.7 Å². The number of aliphatic hydroxyl groups excluding tert-OH is 1. The van der Waals surface area contributed by atoms with Crippen LogP contribution in [0.5, 0.6) is 0 Å². The Kier molecular flexibility index (Phi) is 4.41. The van der Waals surface area contributed by atoms with E-state index in [9.17, 15) is 9.90 Å². The molecule has 1 aliphatic heterocycles. The van der Waals surface area contributed by atoms with Gasteiger partial charge in [0, 0.05) is 38.6 Å². The molecule has 2 aromatic rings. The van der Waals surface area contributed by atoms with Crippen LogP contribution in [0, 0.1) is 11.3 Å². The molecular formula is C18H18O3Y. The number of aliphatic hydroxyl groups is 1. The number of esters is 1. The van der Waals surface area contributed by atoms with E-state index in [0.717, 1.165) is 5.56 Å². The summed E-state index contributed by atoms with van der Waals surface area (Å²) < 4.78 is 5.28. The first-order chi connectivity index (χ1) is 10.2. The molecule has 3 unspecified atom stereocenters. The van der Waals surface area contributed by atoms with Gasteiger partial charge in [0.1, 0.15) is 0 Å². The minimum absolute atomic E-state index is 0. The Labute approximate surface area is 154 Å². The number of hydrogen-bond donors (Lipinski definition) is 1. The summed E-state index contributed by atoms with van der Waals surface area (Å²) in [6.07, 6.45) is 1.50. The minimum Gasteiger partial charge on any atom is -0.465 e. The van der Waals surface area contributed by atoms with Crippen LogP contribution in [0.4, 0.5) is 0 Å². The van der Waals surface area contributed by atoms with Crippen LogP contribution < -0.4 is 0 Å². The van der Waals surface area contributed by atoms with Crippen LogP contribution in [-0.4, -0.2) is 23.8 Å². The fraction of sp³-hybridized carbons (Fsp3) is 0.389. The molecule has 22 heavy (non-hydrogen) atoms. The van der Waals surface area contributed by atoms with Crippen molar-refractivity contribution in [3.05, 3.63) is 48.0 Å². The zero-order chi connectivity index (χ0) is 14.4. The Morgan fingerprint density at radius 1 is 1.18 bits per heavy atom. The molecular weight excluding hydrogens is 353 g/mol. The molecule has 1 saturated heterocycles. The molecule has 1 radical (unpaired) electrons. The average Bonchev–Trinajstić information content (AvgIpc) is 2.94. The number of cyclic esters (lactones) is 1. The van der Waals surface area contributed by atoms with Crippen molar-refractivity contribution in [2.24, 2.45) is 11.3 Å². The molecule has 0 spiro atoms. The van der Waals surface area contributed by atoms with Crippen molar-refractivity contribution in [1.29, 1.82) is 0 Å². The standard InChI is InChI=1S/C18H18O3.Y/c19-16-8-15-11-21-17(20)18(15,10-16)9-12-5-6-13-3-1-2-4-14(13)7-12;/h1-7,15-16,19H,8-11H2;. The Hall–Kier alpha value is -0.766. The molecule has 1 saturated carbocycles. The zero-order valence-electron chi connectivity index (χ0n) is 12.4. The van der Waals surface area contributed by atoms with E-state index in [1.165, 1.54) is 10.8 Å². The summed E-state index contributed by atoms with van der Waals surface area (Å²) in [7, 11) is 0. The van der Waals surface area contributed by atoms with Crippen molar-refractivity contribution in [2.75, 3.05) is 6.61 Å². The molecule has 1 aliphatic carbocycles. The van der Waals surface area contributed by atoms with Crippen LogP contribution >= 0.6 is 0 Å². The summed E-state index contributed by atoms with van der Waals surface area (Å²) in [6.45, 7) is 0.462. The third kappa shape index (κ3) is 2.53. The molecule has 2 fully saturated rings. The van der Waals surface area contributed by atoms with E-state index in [2.05, 4.69) is 30.3 Å². The quantitative estimate of drug-likeness (QED) is 0.826. The summed E-state index contributed by atoms with van der Waals surface area (Å²) in [4.78, 5) is 12.3. The van der Waals surface area contributed by atoms with Gasteiger partial charge in [-0.15, -0.1) is 0 Å². The SMILES string of the molecule is O=C1OCC2CC(O)CC12Cc1ccc2ccccc2c1.[Y]. The van der Waals surface area contributed by atoms with E-state index >= 15 is 0 Å². The molecule has 1 heterocycles. The van der Waals surface area contributed by atoms with Crippen molar-refractivity contribution in [1.82, 2.24) is 0 Å². The van der Waals surface area contributed by atoms with Gasteiger partial charge in [-0.1, -0.05) is 42.5 Å². The van der Waals surface area contributed by atoms with E-state index in [1.807, 2.05) is 12.1 Å². The zero-order valence-corrected chi connectivity index (χ0v) is 15.2.